The van der Waals surface area contributed by atoms with Crippen LogP contribution >= 0.6 is 0 Å². The van der Waals surface area contributed by atoms with Crippen LogP contribution in [0.15, 0.2) is 102 Å². The fourth-order valence-corrected chi connectivity index (χ4v) is 4.95. The van der Waals surface area contributed by atoms with Crippen molar-refractivity contribution in [2.45, 2.75) is 6.92 Å². The Morgan fingerprint density at radius 1 is 0.750 bits per heavy atom. The first kappa shape index (κ1) is 21.8. The average Bonchev–Trinajstić information content (AvgIpc) is 3.29. The number of hydrogen-bond donors (Lipinski definition) is 0. The molecule has 3 nitrogen and oxygen atoms in total. The number of pyridine rings is 1. The number of aryl methyl sites for hydroxylation is 2. The van der Waals surface area contributed by atoms with E-state index in [9.17, 15) is 9.65 Å². The molecule has 0 saturated carbocycles. The summed E-state index contributed by atoms with van der Waals surface area (Å²) in [5.41, 5.74) is 8.34. The lowest BCUT2D eigenvalue weighted by atomic mass is 9.95. The molecule has 172 valence electrons. The van der Waals surface area contributed by atoms with E-state index in [-0.39, 0.29) is 5.82 Å². The van der Waals surface area contributed by atoms with Gasteiger partial charge in [0.05, 0.1) is 17.2 Å². The molecular formula is C32H22FN2O+. The Morgan fingerprint density at radius 3 is 2.11 bits per heavy atom. The van der Waals surface area contributed by atoms with Crippen molar-refractivity contribution in [3.8, 4) is 39.6 Å². The Kier molecular flexibility index (Phi) is 5.13. The molecule has 0 atom stereocenters. The molecule has 2 heterocycles. The van der Waals surface area contributed by atoms with Crippen LogP contribution in [0.1, 0.15) is 11.1 Å². The predicted octanol–water partition coefficient (Wildman–Crippen LogP) is 7.73. The third-order valence-electron chi connectivity index (χ3n) is 6.79. The van der Waals surface area contributed by atoms with Crippen LogP contribution in [0, 0.1) is 24.1 Å². The molecule has 0 aliphatic carbocycles. The van der Waals surface area contributed by atoms with E-state index in [1.54, 1.807) is 6.20 Å². The number of benzene rings is 4. The van der Waals surface area contributed by atoms with E-state index in [0.717, 1.165) is 49.8 Å². The standard InChI is InChI=1S/C32H22FN2O/c1-20-8-14-26-27-15-13-24(19-34)30(23-11-9-22(10-12-23)21-6-4-3-5-7-21)32(27)36-31(26)29(20)28-18-25(33)16-17-35(28)2/h3-18H,1-2H3/q+1. The highest BCUT2D eigenvalue weighted by Gasteiger charge is 2.23. The Labute approximate surface area is 208 Å². The minimum absolute atomic E-state index is 0.304. The molecule has 36 heavy (non-hydrogen) atoms. The summed E-state index contributed by atoms with van der Waals surface area (Å²) in [6, 6.07) is 31.5. The number of fused-ring (bicyclic) bond motifs is 3. The van der Waals surface area contributed by atoms with Crippen molar-refractivity contribution in [3.05, 3.63) is 114 Å². The van der Waals surface area contributed by atoms with E-state index in [1.807, 2.05) is 73.1 Å². The van der Waals surface area contributed by atoms with Gasteiger partial charge in [-0.25, -0.2) is 8.96 Å². The zero-order chi connectivity index (χ0) is 24.8. The lowest BCUT2D eigenvalue weighted by Gasteiger charge is -2.07. The van der Waals surface area contributed by atoms with E-state index >= 15 is 0 Å². The highest BCUT2D eigenvalue weighted by molar-refractivity contribution is 6.14. The normalized spacial score (nSPS) is 11.2. The quantitative estimate of drug-likeness (QED) is 0.249. The molecule has 0 unspecified atom stereocenters. The van der Waals surface area contributed by atoms with Gasteiger partial charge in [-0.15, -0.1) is 0 Å². The van der Waals surface area contributed by atoms with Gasteiger partial charge in [0.2, 0.25) is 5.69 Å². The smallest absolute Gasteiger partial charge is 0.219 e. The molecule has 4 heteroatoms. The molecule has 0 aliphatic heterocycles. The van der Waals surface area contributed by atoms with Gasteiger partial charge in [0, 0.05) is 28.5 Å². The highest BCUT2D eigenvalue weighted by atomic mass is 19.1. The van der Waals surface area contributed by atoms with Crippen molar-refractivity contribution < 1.29 is 13.4 Å². The number of rotatable bonds is 3. The summed E-state index contributed by atoms with van der Waals surface area (Å²) in [6.07, 6.45) is 1.71. The van der Waals surface area contributed by atoms with Crippen LogP contribution in [0.4, 0.5) is 4.39 Å². The van der Waals surface area contributed by atoms with E-state index in [2.05, 4.69) is 30.3 Å². The van der Waals surface area contributed by atoms with E-state index in [1.165, 1.54) is 12.1 Å². The van der Waals surface area contributed by atoms with Gasteiger partial charge in [-0.1, -0.05) is 66.7 Å². The van der Waals surface area contributed by atoms with Crippen molar-refractivity contribution >= 4 is 21.9 Å². The molecule has 0 amide bonds. The van der Waals surface area contributed by atoms with Crippen molar-refractivity contribution in [2.75, 3.05) is 0 Å². The number of halogens is 1. The number of aromatic nitrogens is 1. The highest BCUT2D eigenvalue weighted by Crippen LogP contribution is 2.42. The Bertz CT molecular complexity index is 1810. The van der Waals surface area contributed by atoms with Crippen LogP contribution < -0.4 is 4.57 Å². The third kappa shape index (κ3) is 3.45. The minimum atomic E-state index is -0.304. The molecule has 0 spiro atoms. The van der Waals surface area contributed by atoms with Crippen LogP contribution in [0.5, 0.6) is 0 Å². The predicted molar refractivity (Wildman–Crippen MR) is 141 cm³/mol. The number of nitriles is 1. The molecule has 6 rings (SSSR count). The summed E-state index contributed by atoms with van der Waals surface area (Å²) >= 11 is 0. The van der Waals surface area contributed by atoms with Crippen LogP contribution in [-0.2, 0) is 7.05 Å². The zero-order valence-corrected chi connectivity index (χ0v) is 19.9. The molecule has 0 fully saturated rings. The van der Waals surface area contributed by atoms with Gasteiger partial charge >= 0.3 is 0 Å². The number of nitrogens with zero attached hydrogens (tertiary/aromatic N) is 2. The number of hydrogen-bond acceptors (Lipinski definition) is 2. The SMILES string of the molecule is Cc1ccc2c(oc3c(-c4ccc(-c5ccccc5)cc4)c(C#N)ccc32)c1-c1cc(F)cc[n+]1C. The van der Waals surface area contributed by atoms with Gasteiger partial charge in [-0.05, 0) is 41.3 Å². The molecule has 0 N–H and O–H groups in total. The summed E-state index contributed by atoms with van der Waals surface area (Å²) in [6.45, 7) is 2.00. The van der Waals surface area contributed by atoms with Gasteiger partial charge < -0.3 is 4.42 Å². The molecule has 2 aromatic heterocycles. The van der Waals surface area contributed by atoms with E-state index < -0.39 is 0 Å². The maximum absolute atomic E-state index is 14.2. The largest absolute Gasteiger partial charge is 0.454 e. The van der Waals surface area contributed by atoms with Crippen molar-refractivity contribution in [3.63, 3.8) is 0 Å². The topological polar surface area (TPSA) is 40.8 Å². The van der Waals surface area contributed by atoms with Crippen molar-refractivity contribution in [2.24, 2.45) is 7.05 Å². The van der Waals surface area contributed by atoms with Gasteiger partial charge in [0.15, 0.2) is 6.20 Å². The summed E-state index contributed by atoms with van der Waals surface area (Å²) in [4.78, 5) is 0. The molecule has 0 saturated heterocycles. The zero-order valence-electron chi connectivity index (χ0n) is 19.9. The van der Waals surface area contributed by atoms with Gasteiger partial charge in [-0.2, -0.15) is 5.26 Å². The third-order valence-corrected chi connectivity index (χ3v) is 6.79. The van der Waals surface area contributed by atoms with Gasteiger partial charge in [0.1, 0.15) is 24.0 Å². The second-order valence-electron chi connectivity index (χ2n) is 9.00. The van der Waals surface area contributed by atoms with Crippen LogP contribution in [0.25, 0.3) is 55.4 Å². The molecule has 6 aromatic rings. The molecule has 0 bridgehead atoms. The molecule has 4 aromatic carbocycles. The maximum Gasteiger partial charge on any atom is 0.219 e. The summed E-state index contributed by atoms with van der Waals surface area (Å²) < 4.78 is 22.7. The number of furan rings is 1. The monoisotopic (exact) mass is 469 g/mol. The summed E-state index contributed by atoms with van der Waals surface area (Å²) in [7, 11) is 1.89. The van der Waals surface area contributed by atoms with E-state index in [0.29, 0.717) is 16.7 Å². The first-order valence-electron chi connectivity index (χ1n) is 11.8. The van der Waals surface area contributed by atoms with Gasteiger partial charge in [0.25, 0.3) is 0 Å². The second kappa shape index (κ2) is 8.48. The van der Waals surface area contributed by atoms with Crippen LogP contribution in [-0.4, -0.2) is 0 Å². The lowest BCUT2D eigenvalue weighted by molar-refractivity contribution is -0.660. The van der Waals surface area contributed by atoms with Crippen molar-refractivity contribution in [1.82, 2.24) is 0 Å². The first-order valence-corrected chi connectivity index (χ1v) is 11.8. The van der Waals surface area contributed by atoms with Gasteiger partial charge in [-0.3, -0.25) is 0 Å². The Hall–Kier alpha value is -4.75. The first-order chi connectivity index (χ1) is 17.5. The fraction of sp³-hybridized carbons (Fsp3) is 0.0625. The van der Waals surface area contributed by atoms with Crippen LogP contribution in [0.3, 0.4) is 0 Å². The average molecular weight is 470 g/mol. The molecule has 0 aliphatic rings. The fourth-order valence-electron chi connectivity index (χ4n) is 4.95. The Morgan fingerprint density at radius 2 is 1.39 bits per heavy atom. The van der Waals surface area contributed by atoms with Crippen LogP contribution in [0.2, 0.25) is 0 Å². The minimum Gasteiger partial charge on any atom is -0.454 e. The second-order valence-corrected chi connectivity index (χ2v) is 9.00. The lowest BCUT2D eigenvalue weighted by Crippen LogP contribution is -2.30. The maximum atomic E-state index is 14.2. The molecular weight excluding hydrogens is 447 g/mol. The summed E-state index contributed by atoms with van der Waals surface area (Å²) in [5, 5.41) is 11.8. The van der Waals surface area contributed by atoms with E-state index in [4.69, 9.17) is 4.42 Å². The van der Waals surface area contributed by atoms with Crippen molar-refractivity contribution in [1.29, 1.82) is 5.26 Å². The summed E-state index contributed by atoms with van der Waals surface area (Å²) in [5.74, 6) is -0.304. The Balaban J connectivity index is 1.62. The molecule has 0 radical (unpaired) electrons.